The highest BCUT2D eigenvalue weighted by Crippen LogP contribution is 2.29. The molecule has 1 N–H and O–H groups in total. The number of nitrogens with one attached hydrogen (secondary N) is 1. The van der Waals surface area contributed by atoms with Gasteiger partial charge in [-0.2, -0.15) is 0 Å². The highest BCUT2D eigenvalue weighted by molar-refractivity contribution is 9.10. The second kappa shape index (κ2) is 5.33. The van der Waals surface area contributed by atoms with Crippen LogP contribution in [0.25, 0.3) is 0 Å². The van der Waals surface area contributed by atoms with Crippen molar-refractivity contribution in [3.8, 4) is 0 Å². The summed E-state index contributed by atoms with van der Waals surface area (Å²) in [4.78, 5) is 0. The summed E-state index contributed by atoms with van der Waals surface area (Å²) in [6.45, 7) is 6.77. The van der Waals surface area contributed by atoms with Crippen LogP contribution in [-0.4, -0.2) is 13.1 Å². The quantitative estimate of drug-likeness (QED) is 0.873. The summed E-state index contributed by atoms with van der Waals surface area (Å²) in [6, 6.07) is 4.45. The van der Waals surface area contributed by atoms with Crippen molar-refractivity contribution in [1.82, 2.24) is 5.32 Å². The average Bonchev–Trinajstić information content (AvgIpc) is 2.31. The summed E-state index contributed by atoms with van der Waals surface area (Å²) in [7, 11) is 0. The summed E-state index contributed by atoms with van der Waals surface area (Å²) in [6.07, 6.45) is 3.87. The van der Waals surface area contributed by atoms with Gasteiger partial charge in [0.25, 0.3) is 0 Å². The largest absolute Gasteiger partial charge is 0.317 e. The van der Waals surface area contributed by atoms with Crippen molar-refractivity contribution in [3.63, 3.8) is 0 Å². The molecule has 0 aromatic heterocycles. The van der Waals surface area contributed by atoms with Gasteiger partial charge in [0.15, 0.2) is 0 Å². The van der Waals surface area contributed by atoms with Crippen molar-refractivity contribution in [2.45, 2.75) is 33.1 Å². The van der Waals surface area contributed by atoms with Crippen LogP contribution in [0, 0.1) is 19.8 Å². The summed E-state index contributed by atoms with van der Waals surface area (Å²) in [5.74, 6) is 0.859. The third kappa shape index (κ3) is 2.67. The molecule has 0 unspecified atom stereocenters. The van der Waals surface area contributed by atoms with Crippen molar-refractivity contribution in [2.75, 3.05) is 13.1 Å². The van der Waals surface area contributed by atoms with E-state index in [9.17, 15) is 0 Å². The van der Waals surface area contributed by atoms with Gasteiger partial charge in [0, 0.05) is 4.47 Å². The molecule has 1 saturated heterocycles. The first-order valence-electron chi connectivity index (χ1n) is 6.14. The summed E-state index contributed by atoms with van der Waals surface area (Å²) < 4.78 is 1.33. The number of hydrogen-bond donors (Lipinski definition) is 1. The van der Waals surface area contributed by atoms with Crippen LogP contribution in [0.15, 0.2) is 16.6 Å². The zero-order chi connectivity index (χ0) is 11.5. The van der Waals surface area contributed by atoms with Crippen LogP contribution < -0.4 is 5.32 Å². The minimum atomic E-state index is 0.859. The van der Waals surface area contributed by atoms with Gasteiger partial charge in [0.05, 0.1) is 0 Å². The maximum absolute atomic E-state index is 3.74. The molecule has 1 heterocycles. The first kappa shape index (κ1) is 12.1. The Morgan fingerprint density at radius 3 is 2.50 bits per heavy atom. The van der Waals surface area contributed by atoms with Crippen molar-refractivity contribution in [2.24, 2.45) is 5.92 Å². The Morgan fingerprint density at radius 1 is 1.19 bits per heavy atom. The smallest absolute Gasteiger partial charge is 0.0239 e. The van der Waals surface area contributed by atoms with Crippen LogP contribution in [0.2, 0.25) is 0 Å². The Bertz CT molecular complexity index is 367. The first-order valence-corrected chi connectivity index (χ1v) is 6.93. The highest BCUT2D eigenvalue weighted by Gasteiger charge is 2.16. The van der Waals surface area contributed by atoms with Crippen molar-refractivity contribution < 1.29 is 0 Å². The van der Waals surface area contributed by atoms with Gasteiger partial charge < -0.3 is 5.32 Å². The molecule has 1 aromatic carbocycles. The number of hydrogen-bond acceptors (Lipinski definition) is 1. The molecule has 1 aliphatic rings. The molecule has 0 spiro atoms. The van der Waals surface area contributed by atoms with E-state index in [2.05, 4.69) is 47.2 Å². The van der Waals surface area contributed by atoms with Gasteiger partial charge >= 0.3 is 0 Å². The van der Waals surface area contributed by atoms with Crippen LogP contribution in [0.5, 0.6) is 0 Å². The number of aryl methyl sites for hydroxylation is 2. The fraction of sp³-hybridized carbons (Fsp3) is 0.571. The van der Waals surface area contributed by atoms with E-state index in [4.69, 9.17) is 0 Å². The van der Waals surface area contributed by atoms with E-state index in [0.717, 1.165) is 5.92 Å². The molecule has 2 heteroatoms. The third-order valence-corrected chi connectivity index (χ3v) is 4.73. The first-order chi connectivity index (χ1) is 7.68. The van der Waals surface area contributed by atoms with Gasteiger partial charge in [0.1, 0.15) is 0 Å². The Morgan fingerprint density at radius 2 is 1.81 bits per heavy atom. The minimum absolute atomic E-state index is 0.859. The second-order valence-electron chi connectivity index (χ2n) is 4.89. The number of piperidine rings is 1. The lowest BCUT2D eigenvalue weighted by Crippen LogP contribution is -2.28. The second-order valence-corrected chi connectivity index (χ2v) is 5.68. The maximum atomic E-state index is 3.74. The minimum Gasteiger partial charge on any atom is -0.317 e. The van der Waals surface area contributed by atoms with E-state index in [1.807, 2.05) is 0 Å². The average molecular weight is 282 g/mol. The lowest BCUT2D eigenvalue weighted by molar-refractivity contribution is 0.372. The Hall–Kier alpha value is -0.340. The fourth-order valence-corrected chi connectivity index (χ4v) is 3.07. The van der Waals surface area contributed by atoms with Gasteiger partial charge in [-0.1, -0.05) is 28.1 Å². The van der Waals surface area contributed by atoms with E-state index in [1.165, 1.54) is 53.5 Å². The fourth-order valence-electron chi connectivity index (χ4n) is 2.46. The molecular weight excluding hydrogens is 262 g/mol. The Kier molecular flexibility index (Phi) is 4.04. The Labute approximate surface area is 107 Å². The maximum Gasteiger partial charge on any atom is 0.0239 e. The molecule has 1 fully saturated rings. The molecule has 0 bridgehead atoms. The molecule has 1 aromatic rings. The van der Waals surface area contributed by atoms with E-state index < -0.39 is 0 Å². The molecule has 0 amide bonds. The van der Waals surface area contributed by atoms with Crippen LogP contribution in [0.4, 0.5) is 0 Å². The molecule has 0 atom stereocenters. The van der Waals surface area contributed by atoms with Gasteiger partial charge in [0.2, 0.25) is 0 Å². The van der Waals surface area contributed by atoms with E-state index >= 15 is 0 Å². The predicted octanol–water partition coefficient (Wildman–Crippen LogP) is 3.61. The van der Waals surface area contributed by atoms with E-state index in [0.29, 0.717) is 0 Å². The third-order valence-electron chi connectivity index (χ3n) is 3.62. The normalized spacial score (nSPS) is 17.7. The highest BCUT2D eigenvalue weighted by atomic mass is 79.9. The monoisotopic (exact) mass is 281 g/mol. The lowest BCUT2D eigenvalue weighted by atomic mass is 9.89. The molecule has 0 aliphatic carbocycles. The van der Waals surface area contributed by atoms with E-state index in [1.54, 1.807) is 0 Å². The predicted molar refractivity (Wildman–Crippen MR) is 72.9 cm³/mol. The number of halogens is 1. The molecular formula is C14H20BrN. The number of rotatable bonds is 2. The van der Waals surface area contributed by atoms with Crippen LogP contribution in [0.1, 0.15) is 29.5 Å². The molecule has 1 nitrogen and oxygen atoms in total. The topological polar surface area (TPSA) is 12.0 Å². The van der Waals surface area contributed by atoms with Crippen molar-refractivity contribution in [1.29, 1.82) is 0 Å². The standard InChI is InChI=1S/C14H20BrN/c1-10-3-4-11(2)14(15)13(10)9-12-5-7-16-8-6-12/h3-4,12,16H,5-9H2,1-2H3. The molecule has 2 rings (SSSR count). The molecule has 0 radical (unpaired) electrons. The molecule has 16 heavy (non-hydrogen) atoms. The van der Waals surface area contributed by atoms with Crippen LogP contribution >= 0.6 is 15.9 Å². The van der Waals surface area contributed by atoms with Gasteiger partial charge in [-0.05, 0) is 68.8 Å². The molecule has 1 aliphatic heterocycles. The zero-order valence-corrected chi connectivity index (χ0v) is 11.7. The van der Waals surface area contributed by atoms with Crippen molar-refractivity contribution in [3.05, 3.63) is 33.3 Å². The van der Waals surface area contributed by atoms with Gasteiger partial charge in [-0.3, -0.25) is 0 Å². The SMILES string of the molecule is Cc1ccc(C)c(CC2CCNCC2)c1Br. The Balaban J connectivity index is 2.16. The van der Waals surface area contributed by atoms with Crippen molar-refractivity contribution >= 4 is 15.9 Å². The van der Waals surface area contributed by atoms with E-state index in [-0.39, 0.29) is 0 Å². The molecule has 0 saturated carbocycles. The summed E-state index contributed by atoms with van der Waals surface area (Å²) >= 11 is 3.74. The molecule has 88 valence electrons. The zero-order valence-electron chi connectivity index (χ0n) is 10.1. The number of benzene rings is 1. The van der Waals surface area contributed by atoms with Gasteiger partial charge in [-0.15, -0.1) is 0 Å². The summed E-state index contributed by atoms with van der Waals surface area (Å²) in [5.41, 5.74) is 4.30. The lowest BCUT2D eigenvalue weighted by Gasteiger charge is -2.24. The summed E-state index contributed by atoms with van der Waals surface area (Å²) in [5, 5.41) is 3.43. The van der Waals surface area contributed by atoms with Crippen LogP contribution in [-0.2, 0) is 6.42 Å². The van der Waals surface area contributed by atoms with Gasteiger partial charge in [-0.25, -0.2) is 0 Å². The van der Waals surface area contributed by atoms with Crippen LogP contribution in [0.3, 0.4) is 0 Å².